The SMILES string of the molecule is O=C(NCc1ccc(Br)s1)C(Cl)c1ccccc1. The highest BCUT2D eigenvalue weighted by Crippen LogP contribution is 2.23. The number of amides is 1. The second kappa shape index (κ2) is 6.36. The number of nitrogens with one attached hydrogen (secondary N) is 1. The van der Waals surface area contributed by atoms with Crippen LogP contribution in [0.4, 0.5) is 0 Å². The molecule has 0 fully saturated rings. The summed E-state index contributed by atoms with van der Waals surface area (Å²) in [5.74, 6) is -0.174. The molecule has 0 aliphatic rings. The van der Waals surface area contributed by atoms with Gasteiger partial charge in [-0.05, 0) is 33.6 Å². The van der Waals surface area contributed by atoms with Gasteiger partial charge in [0.1, 0.15) is 5.38 Å². The van der Waals surface area contributed by atoms with Crippen LogP contribution >= 0.6 is 38.9 Å². The van der Waals surface area contributed by atoms with Gasteiger partial charge in [-0.2, -0.15) is 0 Å². The maximum absolute atomic E-state index is 11.9. The van der Waals surface area contributed by atoms with Crippen LogP contribution in [0, 0.1) is 0 Å². The molecule has 0 saturated heterocycles. The number of hydrogen-bond donors (Lipinski definition) is 1. The van der Waals surface area contributed by atoms with Gasteiger partial charge in [0.2, 0.25) is 5.91 Å². The molecule has 1 heterocycles. The third-order valence-corrected chi connectivity index (χ3v) is 4.46. The first-order valence-electron chi connectivity index (χ1n) is 5.38. The average molecular weight is 345 g/mol. The Morgan fingerprint density at radius 1 is 1.28 bits per heavy atom. The zero-order valence-electron chi connectivity index (χ0n) is 9.40. The summed E-state index contributed by atoms with van der Waals surface area (Å²) in [6, 6.07) is 13.3. The summed E-state index contributed by atoms with van der Waals surface area (Å²) >= 11 is 11.1. The van der Waals surface area contributed by atoms with E-state index in [-0.39, 0.29) is 5.91 Å². The number of hydrogen-bond acceptors (Lipinski definition) is 2. The van der Waals surface area contributed by atoms with Crippen LogP contribution in [-0.4, -0.2) is 5.91 Å². The van der Waals surface area contributed by atoms with Crippen molar-refractivity contribution in [1.29, 1.82) is 0 Å². The van der Waals surface area contributed by atoms with Crippen molar-refractivity contribution in [2.24, 2.45) is 0 Å². The summed E-state index contributed by atoms with van der Waals surface area (Å²) < 4.78 is 1.05. The Morgan fingerprint density at radius 3 is 2.61 bits per heavy atom. The van der Waals surface area contributed by atoms with Gasteiger partial charge in [-0.1, -0.05) is 30.3 Å². The molecule has 1 amide bonds. The molecule has 0 aliphatic carbocycles. The highest BCUT2D eigenvalue weighted by molar-refractivity contribution is 9.11. The first kappa shape index (κ1) is 13.6. The van der Waals surface area contributed by atoms with Crippen LogP contribution in [0.25, 0.3) is 0 Å². The second-order valence-corrected chi connectivity index (χ2v) is 6.68. The van der Waals surface area contributed by atoms with Gasteiger partial charge in [0.25, 0.3) is 0 Å². The lowest BCUT2D eigenvalue weighted by Crippen LogP contribution is -2.26. The summed E-state index contributed by atoms with van der Waals surface area (Å²) in [5.41, 5.74) is 0.809. The molecule has 2 aromatic rings. The van der Waals surface area contributed by atoms with E-state index in [2.05, 4.69) is 21.2 Å². The van der Waals surface area contributed by atoms with Crippen molar-refractivity contribution >= 4 is 44.8 Å². The first-order valence-corrected chi connectivity index (χ1v) is 7.42. The number of halogens is 2. The Morgan fingerprint density at radius 2 is 2.00 bits per heavy atom. The van der Waals surface area contributed by atoms with Crippen molar-refractivity contribution in [3.8, 4) is 0 Å². The summed E-state index contributed by atoms with van der Waals surface area (Å²) in [6.07, 6.45) is 0. The Labute approximate surface area is 123 Å². The minimum absolute atomic E-state index is 0.174. The van der Waals surface area contributed by atoms with Crippen molar-refractivity contribution in [3.05, 3.63) is 56.7 Å². The van der Waals surface area contributed by atoms with E-state index >= 15 is 0 Å². The van der Waals surface area contributed by atoms with Gasteiger partial charge in [0, 0.05) is 4.88 Å². The Kier molecular flexibility index (Phi) is 4.80. The molecular formula is C13H11BrClNOS. The molecule has 1 aromatic heterocycles. The summed E-state index contributed by atoms with van der Waals surface area (Å²) in [5, 5.41) is 2.19. The predicted molar refractivity (Wildman–Crippen MR) is 78.9 cm³/mol. The van der Waals surface area contributed by atoms with E-state index < -0.39 is 5.38 Å². The van der Waals surface area contributed by atoms with E-state index in [0.29, 0.717) is 6.54 Å². The Hall–Kier alpha value is -0.840. The van der Waals surface area contributed by atoms with Gasteiger partial charge in [-0.3, -0.25) is 4.79 Å². The van der Waals surface area contributed by atoms with Crippen molar-refractivity contribution in [2.75, 3.05) is 0 Å². The molecule has 94 valence electrons. The van der Waals surface area contributed by atoms with E-state index in [9.17, 15) is 4.79 Å². The predicted octanol–water partition coefficient (Wildman–Crippen LogP) is 4.11. The lowest BCUT2D eigenvalue weighted by Gasteiger charge is -2.09. The average Bonchev–Trinajstić information content (AvgIpc) is 2.82. The molecular weight excluding hydrogens is 334 g/mol. The number of thiophene rings is 1. The molecule has 5 heteroatoms. The molecule has 2 nitrogen and oxygen atoms in total. The van der Waals surface area contributed by atoms with Crippen molar-refractivity contribution in [2.45, 2.75) is 11.9 Å². The van der Waals surface area contributed by atoms with Crippen LogP contribution < -0.4 is 5.32 Å². The smallest absolute Gasteiger partial charge is 0.242 e. The molecule has 0 bridgehead atoms. The largest absolute Gasteiger partial charge is 0.350 e. The van der Waals surface area contributed by atoms with Gasteiger partial charge in [0.15, 0.2) is 0 Å². The lowest BCUT2D eigenvalue weighted by atomic mass is 10.1. The van der Waals surface area contributed by atoms with Gasteiger partial charge in [-0.25, -0.2) is 0 Å². The maximum atomic E-state index is 11.9. The van der Waals surface area contributed by atoms with Crippen LogP contribution in [0.5, 0.6) is 0 Å². The lowest BCUT2D eigenvalue weighted by molar-refractivity contribution is -0.121. The molecule has 1 aromatic carbocycles. The van der Waals surface area contributed by atoms with E-state index in [1.165, 1.54) is 0 Å². The van der Waals surface area contributed by atoms with E-state index in [0.717, 1.165) is 14.2 Å². The van der Waals surface area contributed by atoms with Gasteiger partial charge >= 0.3 is 0 Å². The fourth-order valence-electron chi connectivity index (χ4n) is 1.48. The van der Waals surface area contributed by atoms with Crippen LogP contribution in [0.15, 0.2) is 46.3 Å². The van der Waals surface area contributed by atoms with Crippen LogP contribution in [0.2, 0.25) is 0 Å². The number of carbonyl (C=O) groups is 1. The zero-order valence-corrected chi connectivity index (χ0v) is 12.6. The molecule has 18 heavy (non-hydrogen) atoms. The Balaban J connectivity index is 1.92. The molecule has 1 N–H and O–H groups in total. The highest BCUT2D eigenvalue weighted by atomic mass is 79.9. The molecule has 0 spiro atoms. The number of benzene rings is 1. The molecule has 0 saturated carbocycles. The number of rotatable bonds is 4. The molecule has 0 radical (unpaired) electrons. The van der Waals surface area contributed by atoms with Crippen molar-refractivity contribution in [3.63, 3.8) is 0 Å². The first-order chi connectivity index (χ1) is 8.66. The zero-order chi connectivity index (χ0) is 13.0. The van der Waals surface area contributed by atoms with Gasteiger partial charge in [0.05, 0.1) is 10.3 Å². The minimum atomic E-state index is -0.644. The van der Waals surface area contributed by atoms with Gasteiger partial charge in [-0.15, -0.1) is 22.9 Å². The molecule has 1 unspecified atom stereocenters. The quantitative estimate of drug-likeness (QED) is 0.831. The van der Waals surface area contributed by atoms with Crippen LogP contribution in [0.3, 0.4) is 0 Å². The summed E-state index contributed by atoms with van der Waals surface area (Å²) in [6.45, 7) is 0.505. The molecule has 0 aliphatic heterocycles. The highest BCUT2D eigenvalue weighted by Gasteiger charge is 2.16. The third-order valence-electron chi connectivity index (χ3n) is 2.39. The van der Waals surface area contributed by atoms with Crippen LogP contribution in [0.1, 0.15) is 15.8 Å². The van der Waals surface area contributed by atoms with E-state index in [1.807, 2.05) is 42.5 Å². The second-order valence-electron chi connectivity index (χ2n) is 3.70. The third kappa shape index (κ3) is 3.57. The number of carbonyl (C=O) groups excluding carboxylic acids is 1. The topological polar surface area (TPSA) is 29.1 Å². The van der Waals surface area contributed by atoms with Gasteiger partial charge < -0.3 is 5.32 Å². The van der Waals surface area contributed by atoms with E-state index in [1.54, 1.807) is 11.3 Å². The molecule has 1 atom stereocenters. The standard InChI is InChI=1S/C13H11BrClNOS/c14-11-7-6-10(18-11)8-16-13(17)12(15)9-4-2-1-3-5-9/h1-7,12H,8H2,(H,16,17). The fourth-order valence-corrected chi connectivity index (χ4v) is 3.13. The summed E-state index contributed by atoms with van der Waals surface area (Å²) in [4.78, 5) is 13.0. The van der Waals surface area contributed by atoms with E-state index in [4.69, 9.17) is 11.6 Å². The van der Waals surface area contributed by atoms with Crippen molar-refractivity contribution < 1.29 is 4.79 Å². The summed E-state index contributed by atoms with van der Waals surface area (Å²) in [7, 11) is 0. The minimum Gasteiger partial charge on any atom is -0.350 e. The Bertz CT molecular complexity index is 529. The fraction of sp³-hybridized carbons (Fsp3) is 0.154. The van der Waals surface area contributed by atoms with Crippen molar-refractivity contribution in [1.82, 2.24) is 5.32 Å². The monoisotopic (exact) mass is 343 g/mol. The normalized spacial score (nSPS) is 12.1. The molecule has 2 rings (SSSR count). The maximum Gasteiger partial charge on any atom is 0.242 e. The van der Waals surface area contributed by atoms with Crippen LogP contribution in [-0.2, 0) is 11.3 Å². The number of alkyl halides is 1.